The van der Waals surface area contributed by atoms with E-state index in [4.69, 9.17) is 16.3 Å². The van der Waals surface area contributed by atoms with Crippen LogP contribution < -0.4 is 0 Å². The van der Waals surface area contributed by atoms with E-state index < -0.39 is 5.82 Å². The fourth-order valence-electron chi connectivity index (χ4n) is 3.28. The largest absolute Gasteiger partial charge is 0.373 e. The molecule has 0 saturated carbocycles. The minimum Gasteiger partial charge on any atom is -0.373 e. The number of amides is 1. The first-order chi connectivity index (χ1) is 12.4. The maximum Gasteiger partial charge on any atom is 0.256 e. The van der Waals surface area contributed by atoms with Crippen molar-refractivity contribution in [3.63, 3.8) is 0 Å². The summed E-state index contributed by atoms with van der Waals surface area (Å²) in [5.74, 6) is -0.802. The first kappa shape index (κ1) is 18.8. The number of rotatable bonds is 4. The van der Waals surface area contributed by atoms with E-state index in [2.05, 4.69) is 5.10 Å². The van der Waals surface area contributed by atoms with Crippen molar-refractivity contribution >= 4 is 17.5 Å². The van der Waals surface area contributed by atoms with E-state index in [0.29, 0.717) is 19.7 Å². The number of morpholine rings is 1. The van der Waals surface area contributed by atoms with Crippen LogP contribution in [0.25, 0.3) is 0 Å². The molecular weight excluding hydrogens is 359 g/mol. The standard InChI is InChI=1S/C18H22ClFN4O2/c1-22(2)11-16-17(12-9-21-23(3)10-12)24(6-7-26-16)18(25)14-8-13(20)4-5-15(14)19/h4-5,8-10,16-17H,6-7,11H2,1-3H3/t16-,17-/m0/s1. The number of likely N-dealkylation sites (N-methyl/N-ethyl adjacent to an activating group) is 1. The van der Waals surface area contributed by atoms with Crippen LogP contribution in [0.2, 0.25) is 5.02 Å². The van der Waals surface area contributed by atoms with E-state index in [1.54, 1.807) is 15.8 Å². The molecule has 0 unspecified atom stereocenters. The summed E-state index contributed by atoms with van der Waals surface area (Å²) in [7, 11) is 5.73. The topological polar surface area (TPSA) is 50.6 Å². The van der Waals surface area contributed by atoms with Crippen molar-refractivity contribution in [1.29, 1.82) is 0 Å². The zero-order chi connectivity index (χ0) is 18.8. The van der Waals surface area contributed by atoms with Crippen LogP contribution in [0.3, 0.4) is 0 Å². The SMILES string of the molecule is CN(C)C[C@@H]1OCCN(C(=O)c2cc(F)ccc2Cl)[C@H]1c1cnn(C)c1. The Balaban J connectivity index is 1.99. The lowest BCUT2D eigenvalue weighted by atomic mass is 9.99. The van der Waals surface area contributed by atoms with Crippen LogP contribution in [0.1, 0.15) is 22.0 Å². The molecule has 1 fully saturated rings. The smallest absolute Gasteiger partial charge is 0.256 e. The predicted octanol–water partition coefficient (Wildman–Crippen LogP) is 2.36. The number of hydrogen-bond donors (Lipinski definition) is 0. The quantitative estimate of drug-likeness (QED) is 0.817. The summed E-state index contributed by atoms with van der Waals surface area (Å²) in [5.41, 5.74) is 1.03. The molecule has 2 aromatic rings. The number of nitrogens with zero attached hydrogens (tertiary/aromatic N) is 4. The lowest BCUT2D eigenvalue weighted by Gasteiger charge is -2.42. The van der Waals surface area contributed by atoms with Crippen LogP contribution in [0.5, 0.6) is 0 Å². The Kier molecular flexibility index (Phi) is 5.60. The van der Waals surface area contributed by atoms with Gasteiger partial charge in [-0.3, -0.25) is 9.48 Å². The Bertz CT molecular complexity index is 795. The number of benzene rings is 1. The van der Waals surface area contributed by atoms with Crippen molar-refractivity contribution in [2.45, 2.75) is 12.1 Å². The molecule has 1 aromatic carbocycles. The van der Waals surface area contributed by atoms with Gasteiger partial charge in [-0.1, -0.05) is 11.6 Å². The molecule has 0 radical (unpaired) electrons. The molecule has 0 N–H and O–H groups in total. The van der Waals surface area contributed by atoms with E-state index in [9.17, 15) is 9.18 Å². The zero-order valence-corrected chi connectivity index (χ0v) is 15.8. The summed E-state index contributed by atoms with van der Waals surface area (Å²) in [5, 5.41) is 4.46. The molecule has 26 heavy (non-hydrogen) atoms. The second kappa shape index (κ2) is 7.73. The molecule has 0 bridgehead atoms. The van der Waals surface area contributed by atoms with Crippen molar-refractivity contribution in [3.05, 3.63) is 52.6 Å². The maximum absolute atomic E-state index is 13.7. The van der Waals surface area contributed by atoms with Gasteiger partial charge in [0.1, 0.15) is 5.82 Å². The second-order valence-electron chi connectivity index (χ2n) is 6.69. The third-order valence-electron chi connectivity index (χ3n) is 4.38. The van der Waals surface area contributed by atoms with Gasteiger partial charge in [0.2, 0.25) is 0 Å². The molecule has 1 aliphatic heterocycles. The summed E-state index contributed by atoms with van der Waals surface area (Å²) in [6.07, 6.45) is 3.38. The highest BCUT2D eigenvalue weighted by molar-refractivity contribution is 6.33. The molecule has 140 valence electrons. The predicted molar refractivity (Wildman–Crippen MR) is 96.7 cm³/mol. The molecule has 0 spiro atoms. The summed E-state index contributed by atoms with van der Waals surface area (Å²) >= 11 is 6.16. The van der Waals surface area contributed by atoms with Gasteiger partial charge in [-0.05, 0) is 32.3 Å². The average Bonchev–Trinajstić information content (AvgIpc) is 3.01. The molecular formula is C18H22ClFN4O2. The third kappa shape index (κ3) is 3.90. The maximum atomic E-state index is 13.7. The number of ether oxygens (including phenoxy) is 1. The van der Waals surface area contributed by atoms with Gasteiger partial charge in [0.25, 0.3) is 5.91 Å². The molecule has 3 rings (SSSR count). The number of hydrogen-bond acceptors (Lipinski definition) is 4. The van der Waals surface area contributed by atoms with Gasteiger partial charge in [0.05, 0.1) is 35.5 Å². The normalized spacial score (nSPS) is 20.6. The van der Waals surface area contributed by atoms with Gasteiger partial charge in [-0.25, -0.2) is 4.39 Å². The molecule has 2 atom stereocenters. The highest BCUT2D eigenvalue weighted by Crippen LogP contribution is 2.32. The van der Waals surface area contributed by atoms with Gasteiger partial charge in [-0.2, -0.15) is 5.10 Å². The summed E-state index contributed by atoms with van der Waals surface area (Å²) in [6, 6.07) is 3.50. The average molecular weight is 381 g/mol. The van der Waals surface area contributed by atoms with E-state index in [1.807, 2.05) is 32.2 Å². The molecule has 1 aliphatic rings. The minimum atomic E-state index is -0.492. The van der Waals surface area contributed by atoms with Crippen LogP contribution >= 0.6 is 11.6 Å². The van der Waals surface area contributed by atoms with Crippen LogP contribution in [0, 0.1) is 5.82 Å². The number of aromatic nitrogens is 2. The first-order valence-corrected chi connectivity index (χ1v) is 8.75. The highest BCUT2D eigenvalue weighted by Gasteiger charge is 2.38. The third-order valence-corrected chi connectivity index (χ3v) is 4.71. The number of aryl methyl sites for hydroxylation is 1. The van der Waals surface area contributed by atoms with Gasteiger partial charge < -0.3 is 14.5 Å². The Hall–Kier alpha value is -1.96. The summed E-state index contributed by atoms with van der Waals surface area (Å²) in [6.45, 7) is 1.45. The number of carbonyl (C=O) groups is 1. The van der Waals surface area contributed by atoms with Gasteiger partial charge >= 0.3 is 0 Å². The lowest BCUT2D eigenvalue weighted by Crippen LogP contribution is -2.51. The van der Waals surface area contributed by atoms with Crippen LogP contribution in [-0.2, 0) is 11.8 Å². The van der Waals surface area contributed by atoms with E-state index in [-0.39, 0.29) is 28.6 Å². The summed E-state index contributed by atoms with van der Waals surface area (Å²) in [4.78, 5) is 16.9. The van der Waals surface area contributed by atoms with Crippen molar-refractivity contribution < 1.29 is 13.9 Å². The van der Waals surface area contributed by atoms with Gasteiger partial charge in [0, 0.05) is 31.9 Å². The Morgan fingerprint density at radius 2 is 2.23 bits per heavy atom. The monoisotopic (exact) mass is 380 g/mol. The molecule has 6 nitrogen and oxygen atoms in total. The van der Waals surface area contributed by atoms with E-state index >= 15 is 0 Å². The highest BCUT2D eigenvalue weighted by atomic mass is 35.5. The Morgan fingerprint density at radius 3 is 2.88 bits per heavy atom. The zero-order valence-electron chi connectivity index (χ0n) is 15.0. The molecule has 8 heteroatoms. The van der Waals surface area contributed by atoms with Crippen LogP contribution in [0.4, 0.5) is 4.39 Å². The first-order valence-electron chi connectivity index (χ1n) is 8.37. The minimum absolute atomic E-state index is 0.158. The van der Waals surface area contributed by atoms with Crippen LogP contribution in [-0.4, -0.2) is 65.4 Å². The molecule has 2 heterocycles. The van der Waals surface area contributed by atoms with Gasteiger partial charge in [0.15, 0.2) is 0 Å². The van der Waals surface area contributed by atoms with E-state index in [0.717, 1.165) is 5.56 Å². The Morgan fingerprint density at radius 1 is 1.46 bits per heavy atom. The summed E-state index contributed by atoms with van der Waals surface area (Å²) < 4.78 is 21.3. The molecule has 1 saturated heterocycles. The molecule has 0 aliphatic carbocycles. The lowest BCUT2D eigenvalue weighted by molar-refractivity contribution is -0.0684. The fourth-order valence-corrected chi connectivity index (χ4v) is 3.48. The fraction of sp³-hybridized carbons (Fsp3) is 0.444. The van der Waals surface area contributed by atoms with Crippen molar-refractivity contribution in [2.24, 2.45) is 7.05 Å². The molecule has 1 amide bonds. The number of halogens is 2. The van der Waals surface area contributed by atoms with Gasteiger partial charge in [-0.15, -0.1) is 0 Å². The molecule has 1 aromatic heterocycles. The van der Waals surface area contributed by atoms with Crippen molar-refractivity contribution in [1.82, 2.24) is 19.6 Å². The van der Waals surface area contributed by atoms with Crippen molar-refractivity contribution in [2.75, 3.05) is 33.8 Å². The van der Waals surface area contributed by atoms with Crippen LogP contribution in [0.15, 0.2) is 30.6 Å². The Labute approximate surface area is 157 Å². The second-order valence-corrected chi connectivity index (χ2v) is 7.09. The van der Waals surface area contributed by atoms with Crippen molar-refractivity contribution in [3.8, 4) is 0 Å². The number of carbonyl (C=O) groups excluding carboxylic acids is 1. The van der Waals surface area contributed by atoms with E-state index in [1.165, 1.54) is 18.2 Å².